The topological polar surface area (TPSA) is 63.6 Å². The van der Waals surface area contributed by atoms with Crippen LogP contribution in [0.5, 0.6) is 0 Å². The van der Waals surface area contributed by atoms with E-state index in [-0.39, 0.29) is 12.6 Å². The zero-order valence-corrected chi connectivity index (χ0v) is 9.82. The molecule has 0 aliphatic heterocycles. The van der Waals surface area contributed by atoms with Crippen LogP contribution >= 0.6 is 0 Å². The fourth-order valence-corrected chi connectivity index (χ4v) is 1.32. The Labute approximate surface area is 97.0 Å². The van der Waals surface area contributed by atoms with E-state index in [0.29, 0.717) is 19.4 Å². The molecule has 0 atom stereocenters. The van der Waals surface area contributed by atoms with Crippen LogP contribution in [0.3, 0.4) is 0 Å². The SMILES string of the molecule is O=CCCCCC(=O)OCCCCCCO. The van der Waals surface area contributed by atoms with Gasteiger partial charge in [0.15, 0.2) is 0 Å². The summed E-state index contributed by atoms with van der Waals surface area (Å²) >= 11 is 0. The van der Waals surface area contributed by atoms with E-state index in [2.05, 4.69) is 0 Å². The normalized spacial score (nSPS) is 10.1. The lowest BCUT2D eigenvalue weighted by molar-refractivity contribution is -0.144. The van der Waals surface area contributed by atoms with Crippen LogP contribution in [0.25, 0.3) is 0 Å². The molecular weight excluding hydrogens is 208 g/mol. The average molecular weight is 230 g/mol. The number of carbonyl (C=O) groups excluding carboxylic acids is 2. The fourth-order valence-electron chi connectivity index (χ4n) is 1.32. The Kier molecular flexibility index (Phi) is 11.5. The summed E-state index contributed by atoms with van der Waals surface area (Å²) in [6.45, 7) is 0.703. The molecule has 0 aromatic carbocycles. The van der Waals surface area contributed by atoms with Gasteiger partial charge in [0.05, 0.1) is 6.61 Å². The molecule has 0 amide bonds. The summed E-state index contributed by atoms with van der Waals surface area (Å²) in [5.41, 5.74) is 0. The Hall–Kier alpha value is -0.900. The zero-order valence-electron chi connectivity index (χ0n) is 9.82. The van der Waals surface area contributed by atoms with Crippen molar-refractivity contribution in [1.82, 2.24) is 0 Å². The van der Waals surface area contributed by atoms with Crippen molar-refractivity contribution in [2.75, 3.05) is 13.2 Å². The molecule has 1 N–H and O–H groups in total. The van der Waals surface area contributed by atoms with Crippen LogP contribution in [-0.4, -0.2) is 30.6 Å². The smallest absolute Gasteiger partial charge is 0.305 e. The number of unbranched alkanes of at least 4 members (excludes halogenated alkanes) is 5. The van der Waals surface area contributed by atoms with E-state index in [1.807, 2.05) is 0 Å². The maximum Gasteiger partial charge on any atom is 0.305 e. The summed E-state index contributed by atoms with van der Waals surface area (Å²) in [5.74, 6) is -0.173. The minimum atomic E-state index is -0.173. The van der Waals surface area contributed by atoms with Crippen molar-refractivity contribution >= 4 is 12.3 Å². The zero-order chi connectivity index (χ0) is 12.1. The first-order valence-electron chi connectivity index (χ1n) is 6.01. The predicted molar refractivity (Wildman–Crippen MR) is 61.0 cm³/mol. The number of carbonyl (C=O) groups is 2. The second kappa shape index (κ2) is 12.2. The number of rotatable bonds is 11. The van der Waals surface area contributed by atoms with Crippen molar-refractivity contribution in [2.45, 2.75) is 51.4 Å². The van der Waals surface area contributed by atoms with E-state index in [1.165, 1.54) is 0 Å². The summed E-state index contributed by atoms with van der Waals surface area (Å²) in [7, 11) is 0. The van der Waals surface area contributed by atoms with Crippen molar-refractivity contribution in [3.63, 3.8) is 0 Å². The van der Waals surface area contributed by atoms with Gasteiger partial charge in [-0.1, -0.05) is 6.42 Å². The van der Waals surface area contributed by atoms with Gasteiger partial charge in [-0.25, -0.2) is 0 Å². The predicted octanol–water partition coefficient (Wildman–Crippen LogP) is 1.84. The van der Waals surface area contributed by atoms with Gasteiger partial charge in [0.2, 0.25) is 0 Å². The quantitative estimate of drug-likeness (QED) is 0.334. The summed E-state index contributed by atoms with van der Waals surface area (Å²) in [5, 5.41) is 8.54. The van der Waals surface area contributed by atoms with E-state index >= 15 is 0 Å². The van der Waals surface area contributed by atoms with Gasteiger partial charge in [0.1, 0.15) is 6.29 Å². The summed E-state index contributed by atoms with van der Waals surface area (Å²) in [4.78, 5) is 21.2. The van der Waals surface area contributed by atoms with Gasteiger partial charge < -0.3 is 14.6 Å². The molecule has 0 aromatic rings. The van der Waals surface area contributed by atoms with Gasteiger partial charge in [-0.3, -0.25) is 4.79 Å². The Bertz CT molecular complexity index is 180. The molecule has 0 bridgehead atoms. The number of hydrogen-bond acceptors (Lipinski definition) is 4. The molecule has 4 heteroatoms. The lowest BCUT2D eigenvalue weighted by atomic mass is 10.2. The highest BCUT2D eigenvalue weighted by Crippen LogP contribution is 2.02. The van der Waals surface area contributed by atoms with Crippen LogP contribution in [-0.2, 0) is 14.3 Å². The molecule has 0 radical (unpaired) electrons. The van der Waals surface area contributed by atoms with Crippen LogP contribution in [0.2, 0.25) is 0 Å². The number of ether oxygens (including phenoxy) is 1. The number of aliphatic hydroxyl groups excluding tert-OH is 1. The van der Waals surface area contributed by atoms with E-state index in [4.69, 9.17) is 9.84 Å². The van der Waals surface area contributed by atoms with Crippen LogP contribution in [0, 0.1) is 0 Å². The van der Waals surface area contributed by atoms with Gasteiger partial charge in [-0.15, -0.1) is 0 Å². The summed E-state index contributed by atoms with van der Waals surface area (Å²) < 4.78 is 5.01. The Morgan fingerprint density at radius 1 is 1.06 bits per heavy atom. The second-order valence-electron chi connectivity index (χ2n) is 3.77. The monoisotopic (exact) mass is 230 g/mol. The first-order valence-corrected chi connectivity index (χ1v) is 6.01. The van der Waals surface area contributed by atoms with Crippen molar-refractivity contribution in [3.8, 4) is 0 Å². The van der Waals surface area contributed by atoms with Crippen LogP contribution in [0.15, 0.2) is 0 Å². The molecule has 0 spiro atoms. The fraction of sp³-hybridized carbons (Fsp3) is 0.833. The summed E-state index contributed by atoms with van der Waals surface area (Å²) in [6.07, 6.45) is 6.93. The third-order valence-electron chi connectivity index (χ3n) is 2.27. The highest BCUT2D eigenvalue weighted by atomic mass is 16.5. The highest BCUT2D eigenvalue weighted by molar-refractivity contribution is 5.69. The maximum atomic E-state index is 11.1. The Morgan fingerprint density at radius 3 is 2.50 bits per heavy atom. The first-order chi connectivity index (χ1) is 7.81. The van der Waals surface area contributed by atoms with Crippen molar-refractivity contribution in [1.29, 1.82) is 0 Å². The lowest BCUT2D eigenvalue weighted by Gasteiger charge is -2.04. The lowest BCUT2D eigenvalue weighted by Crippen LogP contribution is -2.05. The minimum absolute atomic E-state index is 0.173. The largest absolute Gasteiger partial charge is 0.466 e. The van der Waals surface area contributed by atoms with E-state index < -0.39 is 0 Å². The third-order valence-corrected chi connectivity index (χ3v) is 2.27. The van der Waals surface area contributed by atoms with Gasteiger partial charge >= 0.3 is 5.97 Å². The molecule has 94 valence electrons. The molecule has 0 saturated heterocycles. The van der Waals surface area contributed by atoms with Gasteiger partial charge in [0, 0.05) is 19.4 Å². The number of esters is 1. The molecule has 0 aromatic heterocycles. The molecule has 0 fully saturated rings. The van der Waals surface area contributed by atoms with Crippen molar-refractivity contribution in [3.05, 3.63) is 0 Å². The van der Waals surface area contributed by atoms with E-state index in [1.54, 1.807) is 0 Å². The molecule has 0 unspecified atom stereocenters. The average Bonchev–Trinajstić information content (AvgIpc) is 2.29. The number of aldehydes is 1. The molecule has 0 heterocycles. The number of hydrogen-bond donors (Lipinski definition) is 1. The molecule has 0 aliphatic rings. The van der Waals surface area contributed by atoms with E-state index in [9.17, 15) is 9.59 Å². The van der Waals surface area contributed by atoms with Crippen LogP contribution < -0.4 is 0 Å². The summed E-state index contributed by atoms with van der Waals surface area (Å²) in [6, 6.07) is 0. The van der Waals surface area contributed by atoms with Gasteiger partial charge in [0.25, 0.3) is 0 Å². The van der Waals surface area contributed by atoms with Crippen LogP contribution in [0.4, 0.5) is 0 Å². The maximum absolute atomic E-state index is 11.1. The van der Waals surface area contributed by atoms with Crippen molar-refractivity contribution in [2.24, 2.45) is 0 Å². The van der Waals surface area contributed by atoms with Gasteiger partial charge in [-0.05, 0) is 32.1 Å². The minimum Gasteiger partial charge on any atom is -0.466 e. The standard InChI is InChI=1S/C12H22O4/c13-9-5-1-2-7-11-16-12(15)8-4-3-6-10-14/h10,13H,1-9,11H2. The third kappa shape index (κ3) is 11.2. The van der Waals surface area contributed by atoms with Gasteiger partial charge in [-0.2, -0.15) is 0 Å². The molecule has 0 rings (SSSR count). The van der Waals surface area contributed by atoms with Crippen LogP contribution in [0.1, 0.15) is 51.4 Å². The Morgan fingerprint density at radius 2 is 1.81 bits per heavy atom. The molecule has 16 heavy (non-hydrogen) atoms. The molecular formula is C12H22O4. The molecule has 4 nitrogen and oxygen atoms in total. The molecule has 0 saturated carbocycles. The highest BCUT2D eigenvalue weighted by Gasteiger charge is 2.01. The first kappa shape index (κ1) is 15.1. The number of aliphatic hydroxyl groups is 1. The van der Waals surface area contributed by atoms with E-state index in [0.717, 1.165) is 44.8 Å². The Balaban J connectivity index is 3.14. The second-order valence-corrected chi connectivity index (χ2v) is 3.77. The van der Waals surface area contributed by atoms with Crippen molar-refractivity contribution < 1.29 is 19.4 Å². The molecule has 0 aliphatic carbocycles.